The van der Waals surface area contributed by atoms with Crippen LogP contribution in [0.25, 0.3) is 0 Å². The van der Waals surface area contributed by atoms with Crippen molar-refractivity contribution in [3.63, 3.8) is 0 Å². The van der Waals surface area contributed by atoms with E-state index >= 15 is 0 Å². The molecular formula is C16H25BrN2O2. The first-order valence-corrected chi connectivity index (χ1v) is 8.15. The Kier molecular flexibility index (Phi) is 5.66. The van der Waals surface area contributed by atoms with Crippen LogP contribution in [0.1, 0.15) is 31.4 Å². The summed E-state index contributed by atoms with van der Waals surface area (Å²) in [5.41, 5.74) is 7.13. The van der Waals surface area contributed by atoms with Crippen molar-refractivity contribution in [2.75, 3.05) is 33.9 Å². The molecule has 0 saturated carbocycles. The molecule has 1 aromatic rings. The van der Waals surface area contributed by atoms with Crippen LogP contribution in [-0.4, -0.2) is 44.4 Å². The van der Waals surface area contributed by atoms with Crippen molar-refractivity contribution in [2.45, 2.75) is 31.4 Å². The summed E-state index contributed by atoms with van der Waals surface area (Å²) in [5, 5.41) is 0. The minimum Gasteiger partial charge on any atom is -0.496 e. The molecule has 2 unspecified atom stereocenters. The van der Waals surface area contributed by atoms with Crippen molar-refractivity contribution in [2.24, 2.45) is 5.73 Å². The highest BCUT2D eigenvalue weighted by atomic mass is 79.9. The molecular weight excluding hydrogens is 332 g/mol. The molecule has 1 aliphatic heterocycles. The Labute approximate surface area is 135 Å². The largest absolute Gasteiger partial charge is 0.496 e. The van der Waals surface area contributed by atoms with Crippen molar-refractivity contribution in [3.05, 3.63) is 28.2 Å². The molecule has 0 amide bonds. The number of nitrogens with two attached hydrogens (primary N) is 1. The molecule has 5 heteroatoms. The van der Waals surface area contributed by atoms with Crippen LogP contribution in [0.5, 0.6) is 5.75 Å². The third-order valence-corrected chi connectivity index (χ3v) is 4.89. The van der Waals surface area contributed by atoms with Gasteiger partial charge in [0.25, 0.3) is 0 Å². The Balaban J connectivity index is 2.29. The predicted molar refractivity (Wildman–Crippen MR) is 88.7 cm³/mol. The highest BCUT2D eigenvalue weighted by Crippen LogP contribution is 2.35. The fourth-order valence-electron chi connectivity index (χ4n) is 3.11. The van der Waals surface area contributed by atoms with Crippen molar-refractivity contribution in [1.82, 2.24) is 4.90 Å². The van der Waals surface area contributed by atoms with Gasteiger partial charge in [0.05, 0.1) is 18.8 Å². The number of nitrogens with zero attached hydrogens (tertiary/aromatic N) is 1. The summed E-state index contributed by atoms with van der Waals surface area (Å²) in [6.45, 7) is 4.66. The maximum Gasteiger partial charge on any atom is 0.123 e. The van der Waals surface area contributed by atoms with Gasteiger partial charge in [0.1, 0.15) is 5.75 Å². The molecule has 2 atom stereocenters. The fourth-order valence-corrected chi connectivity index (χ4v) is 3.49. The van der Waals surface area contributed by atoms with E-state index < -0.39 is 0 Å². The number of hydrogen-bond acceptors (Lipinski definition) is 4. The number of ether oxygens (including phenoxy) is 2. The minimum absolute atomic E-state index is 0.0923. The number of hydrogen-bond donors (Lipinski definition) is 1. The van der Waals surface area contributed by atoms with Gasteiger partial charge in [-0.25, -0.2) is 0 Å². The van der Waals surface area contributed by atoms with Gasteiger partial charge in [-0.1, -0.05) is 15.9 Å². The quantitative estimate of drug-likeness (QED) is 0.880. The van der Waals surface area contributed by atoms with E-state index in [0.29, 0.717) is 6.54 Å². The van der Waals surface area contributed by atoms with E-state index in [9.17, 15) is 0 Å². The number of likely N-dealkylation sites (tertiary alicyclic amines) is 1. The van der Waals surface area contributed by atoms with Crippen LogP contribution < -0.4 is 10.5 Å². The maximum atomic E-state index is 6.09. The van der Waals surface area contributed by atoms with E-state index in [4.69, 9.17) is 15.2 Å². The molecule has 21 heavy (non-hydrogen) atoms. The van der Waals surface area contributed by atoms with Gasteiger partial charge >= 0.3 is 0 Å². The number of methoxy groups -OCH3 is 2. The first kappa shape index (κ1) is 16.7. The molecule has 2 rings (SSSR count). The van der Waals surface area contributed by atoms with Gasteiger partial charge in [-0.05, 0) is 44.5 Å². The molecule has 0 aliphatic carbocycles. The molecule has 1 saturated heterocycles. The summed E-state index contributed by atoms with van der Waals surface area (Å²) >= 11 is 3.54. The molecule has 118 valence electrons. The molecule has 0 radical (unpaired) electrons. The van der Waals surface area contributed by atoms with Gasteiger partial charge < -0.3 is 15.2 Å². The Morgan fingerprint density at radius 2 is 2.19 bits per heavy atom. The Hall–Kier alpha value is -0.620. The van der Waals surface area contributed by atoms with E-state index in [1.807, 2.05) is 12.1 Å². The maximum absolute atomic E-state index is 6.09. The van der Waals surface area contributed by atoms with Crippen LogP contribution >= 0.6 is 15.9 Å². The van der Waals surface area contributed by atoms with Crippen LogP contribution in [-0.2, 0) is 4.74 Å². The van der Waals surface area contributed by atoms with Gasteiger partial charge in [0.2, 0.25) is 0 Å². The molecule has 1 fully saturated rings. The summed E-state index contributed by atoms with van der Waals surface area (Å²) in [4.78, 5) is 2.41. The van der Waals surface area contributed by atoms with Crippen molar-refractivity contribution >= 4 is 15.9 Å². The van der Waals surface area contributed by atoms with E-state index in [0.717, 1.165) is 41.7 Å². The highest BCUT2D eigenvalue weighted by Gasteiger charge is 2.34. The lowest BCUT2D eigenvalue weighted by Gasteiger charge is -2.43. The minimum atomic E-state index is -0.0923. The van der Waals surface area contributed by atoms with Gasteiger partial charge in [-0.3, -0.25) is 4.90 Å². The fraction of sp³-hybridized carbons (Fsp3) is 0.625. The summed E-state index contributed by atoms with van der Waals surface area (Å²) in [6, 6.07) is 6.23. The summed E-state index contributed by atoms with van der Waals surface area (Å²) in [7, 11) is 3.50. The second-order valence-electron chi connectivity index (χ2n) is 5.87. The average Bonchev–Trinajstić information content (AvgIpc) is 2.48. The van der Waals surface area contributed by atoms with Crippen LogP contribution in [0.4, 0.5) is 0 Å². The second kappa shape index (κ2) is 7.09. The lowest BCUT2D eigenvalue weighted by atomic mass is 9.92. The molecule has 0 aromatic heterocycles. The number of rotatable bonds is 5. The molecule has 1 aliphatic rings. The molecule has 4 nitrogen and oxygen atoms in total. The van der Waals surface area contributed by atoms with Gasteiger partial charge in [0, 0.05) is 30.2 Å². The third kappa shape index (κ3) is 3.77. The summed E-state index contributed by atoms with van der Waals surface area (Å²) in [5.74, 6) is 0.887. The number of benzene rings is 1. The molecule has 2 N–H and O–H groups in total. The predicted octanol–water partition coefficient (Wildman–Crippen LogP) is 2.96. The summed E-state index contributed by atoms with van der Waals surface area (Å²) in [6.07, 6.45) is 2.21. The van der Waals surface area contributed by atoms with Crippen LogP contribution in [0, 0.1) is 0 Å². The Morgan fingerprint density at radius 3 is 2.81 bits per heavy atom. The standard InChI is InChI=1S/C16H25BrN2O2/c1-16(21-3)7-4-8-19(11-16)14(10-18)13-9-12(17)5-6-15(13)20-2/h5-6,9,14H,4,7-8,10-11,18H2,1-3H3. The zero-order valence-corrected chi connectivity index (χ0v) is 14.6. The Bertz CT molecular complexity index is 483. The number of piperidine rings is 1. The van der Waals surface area contributed by atoms with Crippen LogP contribution in [0.2, 0.25) is 0 Å². The topological polar surface area (TPSA) is 47.7 Å². The third-order valence-electron chi connectivity index (χ3n) is 4.40. The van der Waals surface area contributed by atoms with Gasteiger partial charge in [0.15, 0.2) is 0 Å². The first-order chi connectivity index (χ1) is 10.0. The molecule has 1 aromatic carbocycles. The SMILES string of the molecule is COc1ccc(Br)cc1C(CN)N1CCCC(C)(OC)C1. The van der Waals surface area contributed by atoms with Crippen molar-refractivity contribution < 1.29 is 9.47 Å². The lowest BCUT2D eigenvalue weighted by Crippen LogP contribution is -2.49. The van der Waals surface area contributed by atoms with Crippen molar-refractivity contribution in [1.29, 1.82) is 0 Å². The zero-order valence-electron chi connectivity index (χ0n) is 13.1. The van der Waals surface area contributed by atoms with Gasteiger partial charge in [-0.2, -0.15) is 0 Å². The van der Waals surface area contributed by atoms with Gasteiger partial charge in [-0.15, -0.1) is 0 Å². The Morgan fingerprint density at radius 1 is 1.43 bits per heavy atom. The van der Waals surface area contributed by atoms with E-state index in [-0.39, 0.29) is 11.6 Å². The number of halogens is 1. The lowest BCUT2D eigenvalue weighted by molar-refractivity contribution is -0.0610. The summed E-state index contributed by atoms with van der Waals surface area (Å²) < 4.78 is 12.3. The van der Waals surface area contributed by atoms with E-state index in [1.165, 1.54) is 0 Å². The van der Waals surface area contributed by atoms with E-state index in [1.54, 1.807) is 14.2 Å². The molecule has 1 heterocycles. The molecule has 0 bridgehead atoms. The van der Waals surface area contributed by atoms with Crippen LogP contribution in [0.15, 0.2) is 22.7 Å². The van der Waals surface area contributed by atoms with Crippen LogP contribution in [0.3, 0.4) is 0 Å². The molecule has 0 spiro atoms. The smallest absolute Gasteiger partial charge is 0.123 e. The van der Waals surface area contributed by atoms with E-state index in [2.05, 4.69) is 33.8 Å². The second-order valence-corrected chi connectivity index (χ2v) is 6.78. The van der Waals surface area contributed by atoms with Crippen molar-refractivity contribution in [3.8, 4) is 5.75 Å². The monoisotopic (exact) mass is 356 g/mol. The average molecular weight is 357 g/mol. The highest BCUT2D eigenvalue weighted by molar-refractivity contribution is 9.10. The zero-order chi connectivity index (χ0) is 15.5. The normalized spacial score (nSPS) is 24.8. The first-order valence-electron chi connectivity index (χ1n) is 7.35.